The van der Waals surface area contributed by atoms with E-state index in [1.807, 2.05) is 77.4 Å². The number of aromatic nitrogens is 4. The summed E-state index contributed by atoms with van der Waals surface area (Å²) in [5.41, 5.74) is 7.01. The highest BCUT2D eigenvalue weighted by molar-refractivity contribution is 5.94. The molecule has 0 saturated heterocycles. The molecular weight excluding hydrogens is 420 g/mol. The minimum atomic E-state index is 0.175. The van der Waals surface area contributed by atoms with Gasteiger partial charge in [0, 0.05) is 29.2 Å². The third-order valence-corrected chi connectivity index (χ3v) is 5.84. The highest BCUT2D eigenvalue weighted by Crippen LogP contribution is 2.36. The highest BCUT2D eigenvalue weighted by atomic mass is 16.3. The van der Waals surface area contributed by atoms with Crippen LogP contribution in [-0.4, -0.2) is 24.6 Å². The van der Waals surface area contributed by atoms with Crippen molar-refractivity contribution in [3.05, 3.63) is 116 Å². The van der Waals surface area contributed by atoms with Gasteiger partial charge in [-0.15, -0.1) is 0 Å². The number of hydrogen-bond donors (Lipinski definition) is 1. The number of aromatic hydroxyl groups is 1. The van der Waals surface area contributed by atoms with Gasteiger partial charge in [0.25, 0.3) is 0 Å². The Kier molecular flexibility index (Phi) is 4.85. The molecule has 3 heterocycles. The number of fused-ring (bicyclic) bond motifs is 1. The molecule has 0 aliphatic rings. The van der Waals surface area contributed by atoms with E-state index in [0.717, 1.165) is 39.2 Å². The zero-order valence-corrected chi connectivity index (χ0v) is 18.2. The smallest absolute Gasteiger partial charge is 0.165 e. The summed E-state index contributed by atoms with van der Waals surface area (Å²) >= 11 is 0. The zero-order chi connectivity index (χ0) is 22.9. The topological polar surface area (TPSA) is 63.8 Å². The molecule has 3 aromatic heterocycles. The zero-order valence-electron chi connectivity index (χ0n) is 18.2. The number of nitrogens with zero attached hydrogens (tertiary/aromatic N) is 4. The maximum Gasteiger partial charge on any atom is 0.165 e. The number of rotatable bonds is 4. The number of imidazole rings is 1. The highest BCUT2D eigenvalue weighted by Gasteiger charge is 2.20. The minimum absolute atomic E-state index is 0.175. The summed E-state index contributed by atoms with van der Waals surface area (Å²) < 4.78 is 2.00. The molecule has 6 aromatic rings. The minimum Gasteiger partial charge on any atom is -0.507 e. The predicted molar refractivity (Wildman–Crippen MR) is 135 cm³/mol. The Bertz CT molecular complexity index is 1610. The number of para-hydroxylation sites is 2. The second-order valence-electron chi connectivity index (χ2n) is 7.95. The lowest BCUT2D eigenvalue weighted by Gasteiger charge is -2.10. The fourth-order valence-electron chi connectivity index (χ4n) is 4.25. The normalized spacial score (nSPS) is 11.1. The van der Waals surface area contributed by atoms with Crippen molar-refractivity contribution in [2.75, 3.05) is 0 Å². The van der Waals surface area contributed by atoms with Crippen molar-refractivity contribution in [2.24, 2.45) is 0 Å². The van der Waals surface area contributed by atoms with Crippen molar-refractivity contribution in [2.45, 2.75) is 0 Å². The van der Waals surface area contributed by atoms with E-state index in [0.29, 0.717) is 11.4 Å². The molecule has 0 saturated carbocycles. The SMILES string of the molecule is Oc1ccccc1-c1nc2c(-c3cccc(-c4ccccn4)c3)ccnc2n1-c1ccccc1. The van der Waals surface area contributed by atoms with Gasteiger partial charge in [-0.1, -0.05) is 54.6 Å². The van der Waals surface area contributed by atoms with E-state index in [9.17, 15) is 5.11 Å². The average molecular weight is 441 g/mol. The number of pyridine rings is 2. The summed E-state index contributed by atoms with van der Waals surface area (Å²) in [5.74, 6) is 0.814. The summed E-state index contributed by atoms with van der Waals surface area (Å²) in [4.78, 5) is 14.2. The molecule has 0 unspecified atom stereocenters. The Morgan fingerprint density at radius 3 is 2.24 bits per heavy atom. The Hall–Kier alpha value is -4.77. The summed E-state index contributed by atoms with van der Waals surface area (Å²) in [6, 6.07) is 33.4. The van der Waals surface area contributed by atoms with Gasteiger partial charge in [0.1, 0.15) is 11.3 Å². The van der Waals surface area contributed by atoms with Gasteiger partial charge in [-0.05, 0) is 54.1 Å². The monoisotopic (exact) mass is 440 g/mol. The van der Waals surface area contributed by atoms with Crippen LogP contribution in [0.1, 0.15) is 0 Å². The predicted octanol–water partition coefficient (Wildman–Crippen LogP) is 6.52. The average Bonchev–Trinajstić information content (AvgIpc) is 3.29. The molecule has 162 valence electrons. The van der Waals surface area contributed by atoms with Crippen LogP contribution in [0.15, 0.2) is 116 Å². The Balaban J connectivity index is 1.61. The van der Waals surface area contributed by atoms with E-state index < -0.39 is 0 Å². The standard InChI is InChI=1S/C29H20N4O/c34-26-15-5-4-13-24(26)28-32-27-23(16-18-31-29(27)33(28)22-11-2-1-3-12-22)20-9-8-10-21(19-20)25-14-6-7-17-30-25/h1-19,34H. The maximum atomic E-state index is 10.6. The molecule has 5 heteroatoms. The third kappa shape index (κ3) is 3.40. The van der Waals surface area contributed by atoms with E-state index in [1.165, 1.54) is 0 Å². The molecule has 3 aromatic carbocycles. The molecule has 0 aliphatic carbocycles. The van der Waals surface area contributed by atoms with Crippen LogP contribution in [0.4, 0.5) is 0 Å². The molecule has 6 rings (SSSR count). The maximum absolute atomic E-state index is 10.6. The van der Waals surface area contributed by atoms with E-state index in [1.54, 1.807) is 24.5 Å². The van der Waals surface area contributed by atoms with E-state index >= 15 is 0 Å². The fraction of sp³-hybridized carbons (Fsp3) is 0. The summed E-state index contributed by atoms with van der Waals surface area (Å²) in [6.45, 7) is 0. The second kappa shape index (κ2) is 8.30. The Morgan fingerprint density at radius 2 is 1.41 bits per heavy atom. The van der Waals surface area contributed by atoms with Crippen molar-refractivity contribution in [1.29, 1.82) is 0 Å². The van der Waals surface area contributed by atoms with Gasteiger partial charge in [-0.2, -0.15) is 0 Å². The van der Waals surface area contributed by atoms with Gasteiger partial charge < -0.3 is 5.11 Å². The molecule has 1 N–H and O–H groups in total. The van der Waals surface area contributed by atoms with Gasteiger partial charge in [0.2, 0.25) is 0 Å². The van der Waals surface area contributed by atoms with Crippen LogP contribution in [0.2, 0.25) is 0 Å². The van der Waals surface area contributed by atoms with Crippen molar-refractivity contribution < 1.29 is 5.11 Å². The molecule has 0 fully saturated rings. The van der Waals surface area contributed by atoms with E-state index in [2.05, 4.69) is 23.2 Å². The van der Waals surface area contributed by atoms with Crippen LogP contribution in [-0.2, 0) is 0 Å². The van der Waals surface area contributed by atoms with Gasteiger partial charge in [0.05, 0.1) is 11.3 Å². The van der Waals surface area contributed by atoms with Crippen molar-refractivity contribution in [3.8, 4) is 45.2 Å². The Labute approximate surface area is 196 Å². The van der Waals surface area contributed by atoms with Crippen LogP contribution < -0.4 is 0 Å². The molecule has 0 radical (unpaired) electrons. The van der Waals surface area contributed by atoms with Crippen LogP contribution in [0.3, 0.4) is 0 Å². The first-order chi connectivity index (χ1) is 16.8. The number of phenols is 1. The third-order valence-electron chi connectivity index (χ3n) is 5.84. The van der Waals surface area contributed by atoms with Gasteiger partial charge in [0.15, 0.2) is 11.5 Å². The lowest BCUT2D eigenvalue weighted by molar-refractivity contribution is 0.477. The van der Waals surface area contributed by atoms with Crippen LogP contribution in [0.5, 0.6) is 5.75 Å². The number of benzene rings is 3. The van der Waals surface area contributed by atoms with Gasteiger partial charge in [-0.25, -0.2) is 9.97 Å². The van der Waals surface area contributed by atoms with Crippen LogP contribution in [0, 0.1) is 0 Å². The molecule has 0 bridgehead atoms. The lowest BCUT2D eigenvalue weighted by Crippen LogP contribution is -1.98. The summed E-state index contributed by atoms with van der Waals surface area (Å²) in [5, 5.41) is 10.6. The first-order valence-electron chi connectivity index (χ1n) is 11.0. The first-order valence-corrected chi connectivity index (χ1v) is 11.0. The van der Waals surface area contributed by atoms with E-state index in [4.69, 9.17) is 9.97 Å². The molecular formula is C29H20N4O. The fourth-order valence-corrected chi connectivity index (χ4v) is 4.25. The van der Waals surface area contributed by atoms with Gasteiger partial charge in [-0.3, -0.25) is 9.55 Å². The van der Waals surface area contributed by atoms with Crippen molar-refractivity contribution in [3.63, 3.8) is 0 Å². The molecule has 0 amide bonds. The van der Waals surface area contributed by atoms with Gasteiger partial charge >= 0.3 is 0 Å². The molecule has 0 aliphatic heterocycles. The van der Waals surface area contributed by atoms with Crippen molar-refractivity contribution in [1.82, 2.24) is 19.5 Å². The number of hydrogen-bond acceptors (Lipinski definition) is 4. The summed E-state index contributed by atoms with van der Waals surface area (Å²) in [6.07, 6.45) is 3.60. The second-order valence-corrected chi connectivity index (χ2v) is 7.95. The van der Waals surface area contributed by atoms with Crippen LogP contribution >= 0.6 is 0 Å². The number of phenolic OH excluding ortho intramolecular Hbond substituents is 1. The molecule has 34 heavy (non-hydrogen) atoms. The van der Waals surface area contributed by atoms with E-state index in [-0.39, 0.29) is 5.75 Å². The largest absolute Gasteiger partial charge is 0.507 e. The molecule has 0 spiro atoms. The quantitative estimate of drug-likeness (QED) is 0.339. The van der Waals surface area contributed by atoms with Crippen molar-refractivity contribution >= 4 is 11.2 Å². The lowest BCUT2D eigenvalue weighted by atomic mass is 10.0. The molecule has 5 nitrogen and oxygen atoms in total. The van der Waals surface area contributed by atoms with Crippen LogP contribution in [0.25, 0.3) is 50.6 Å². The summed E-state index contributed by atoms with van der Waals surface area (Å²) in [7, 11) is 0. The molecule has 0 atom stereocenters. The first kappa shape index (κ1) is 19.9. The Morgan fingerprint density at radius 1 is 0.618 bits per heavy atom.